The van der Waals surface area contributed by atoms with Gasteiger partial charge in [0.05, 0.1) is 12.5 Å². The van der Waals surface area contributed by atoms with Crippen LogP contribution in [0.1, 0.15) is 30.6 Å². The third kappa shape index (κ3) is 4.57. The molecule has 0 aromatic carbocycles. The van der Waals surface area contributed by atoms with Gasteiger partial charge in [0.2, 0.25) is 0 Å². The number of hydrogen-bond donors (Lipinski definition) is 1. The number of pyridine rings is 1. The lowest BCUT2D eigenvalue weighted by molar-refractivity contribution is -0.136. The van der Waals surface area contributed by atoms with Gasteiger partial charge in [-0.3, -0.25) is 4.79 Å². The molecule has 6 nitrogen and oxygen atoms in total. The molecule has 0 amide bonds. The number of carboxylic acids is 1. The molecule has 104 valence electrons. The van der Waals surface area contributed by atoms with Crippen LogP contribution in [0.5, 0.6) is 0 Å². The van der Waals surface area contributed by atoms with E-state index in [-0.39, 0.29) is 19.1 Å². The fourth-order valence-corrected chi connectivity index (χ4v) is 1.51. The zero-order valence-electron chi connectivity index (χ0n) is 11.3. The number of hydrogen-bond acceptors (Lipinski definition) is 5. The molecule has 0 aliphatic heterocycles. The maximum Gasteiger partial charge on any atom is 0.342 e. The highest BCUT2D eigenvalue weighted by atomic mass is 16.5. The van der Waals surface area contributed by atoms with Crippen LogP contribution < -0.4 is 4.90 Å². The standard InChI is InChI=1S/C13H18N2O4/c1-9(2)19-13(18)10-5-4-7-14-12(10)15(3)8-6-11(16)17/h4-5,7,9H,6,8H2,1-3H3,(H,16,17). The van der Waals surface area contributed by atoms with Crippen LogP contribution in [0.3, 0.4) is 0 Å². The van der Waals surface area contributed by atoms with Gasteiger partial charge in [-0.2, -0.15) is 0 Å². The fraction of sp³-hybridized carbons (Fsp3) is 0.462. The zero-order chi connectivity index (χ0) is 14.4. The Bertz CT molecular complexity index is 460. The molecule has 0 bridgehead atoms. The Labute approximate surface area is 112 Å². The van der Waals surface area contributed by atoms with E-state index in [0.29, 0.717) is 11.4 Å². The largest absolute Gasteiger partial charge is 0.481 e. The number of esters is 1. The summed E-state index contributed by atoms with van der Waals surface area (Å²) in [6, 6.07) is 3.26. The molecule has 1 aromatic rings. The highest BCUT2D eigenvalue weighted by Gasteiger charge is 2.18. The van der Waals surface area contributed by atoms with Gasteiger partial charge < -0.3 is 14.7 Å². The van der Waals surface area contributed by atoms with Crippen LogP contribution in [-0.4, -0.2) is 41.7 Å². The van der Waals surface area contributed by atoms with Gasteiger partial charge in [0, 0.05) is 19.8 Å². The van der Waals surface area contributed by atoms with Gasteiger partial charge >= 0.3 is 11.9 Å². The predicted octanol–water partition coefficient (Wildman–Crippen LogP) is 1.56. The van der Waals surface area contributed by atoms with Gasteiger partial charge in [0.25, 0.3) is 0 Å². The van der Waals surface area contributed by atoms with Gasteiger partial charge in [-0.05, 0) is 26.0 Å². The average molecular weight is 266 g/mol. The third-order valence-electron chi connectivity index (χ3n) is 2.37. The van der Waals surface area contributed by atoms with E-state index in [9.17, 15) is 9.59 Å². The zero-order valence-corrected chi connectivity index (χ0v) is 11.3. The monoisotopic (exact) mass is 266 g/mol. The number of carboxylic acid groups (broad SMARTS) is 1. The van der Waals surface area contributed by atoms with E-state index in [2.05, 4.69) is 4.98 Å². The second-order valence-corrected chi connectivity index (χ2v) is 4.39. The highest BCUT2D eigenvalue weighted by molar-refractivity contribution is 5.94. The summed E-state index contributed by atoms with van der Waals surface area (Å²) in [5, 5.41) is 8.67. The Morgan fingerprint density at radius 1 is 1.47 bits per heavy atom. The number of nitrogens with zero attached hydrogens (tertiary/aromatic N) is 2. The minimum Gasteiger partial charge on any atom is -0.481 e. The molecule has 1 aromatic heterocycles. The van der Waals surface area contributed by atoms with E-state index < -0.39 is 11.9 Å². The Morgan fingerprint density at radius 3 is 2.74 bits per heavy atom. The molecular formula is C13H18N2O4. The van der Waals surface area contributed by atoms with Gasteiger partial charge in [0.1, 0.15) is 11.4 Å². The van der Waals surface area contributed by atoms with Crippen LogP contribution in [0.2, 0.25) is 0 Å². The van der Waals surface area contributed by atoms with E-state index in [1.54, 1.807) is 44.1 Å². The summed E-state index contributed by atoms with van der Waals surface area (Å²) in [5.41, 5.74) is 0.337. The molecule has 19 heavy (non-hydrogen) atoms. The Balaban J connectivity index is 2.88. The van der Waals surface area contributed by atoms with E-state index in [0.717, 1.165) is 0 Å². The first-order valence-electron chi connectivity index (χ1n) is 6.00. The lowest BCUT2D eigenvalue weighted by atomic mass is 10.2. The van der Waals surface area contributed by atoms with Crippen molar-refractivity contribution in [3.8, 4) is 0 Å². The van der Waals surface area contributed by atoms with Crippen molar-refractivity contribution in [2.75, 3.05) is 18.5 Å². The predicted molar refractivity (Wildman–Crippen MR) is 70.3 cm³/mol. The molecule has 0 aliphatic carbocycles. The smallest absolute Gasteiger partial charge is 0.342 e. The summed E-state index contributed by atoms with van der Waals surface area (Å²) in [4.78, 5) is 28.2. The van der Waals surface area contributed by atoms with E-state index >= 15 is 0 Å². The molecule has 0 spiro atoms. The summed E-state index contributed by atoms with van der Waals surface area (Å²) in [5.74, 6) is -0.927. The minimum atomic E-state index is -0.894. The van der Waals surface area contributed by atoms with E-state index in [1.165, 1.54) is 0 Å². The van der Waals surface area contributed by atoms with Gasteiger partial charge in [-0.15, -0.1) is 0 Å². The van der Waals surface area contributed by atoms with Crippen molar-refractivity contribution in [3.05, 3.63) is 23.9 Å². The number of anilines is 1. The quantitative estimate of drug-likeness (QED) is 0.787. The summed E-state index contributed by atoms with van der Waals surface area (Å²) in [7, 11) is 1.69. The van der Waals surface area contributed by atoms with Crippen molar-refractivity contribution in [2.45, 2.75) is 26.4 Å². The number of rotatable bonds is 6. The molecule has 0 saturated carbocycles. The summed E-state index contributed by atoms with van der Waals surface area (Å²) in [6.07, 6.45) is 1.31. The third-order valence-corrected chi connectivity index (χ3v) is 2.37. The topological polar surface area (TPSA) is 79.7 Å². The number of carbonyl (C=O) groups is 2. The molecule has 6 heteroatoms. The van der Waals surface area contributed by atoms with E-state index in [4.69, 9.17) is 9.84 Å². The second-order valence-electron chi connectivity index (χ2n) is 4.39. The first-order valence-corrected chi connectivity index (χ1v) is 6.00. The number of ether oxygens (including phenoxy) is 1. The first kappa shape index (κ1) is 14.9. The minimum absolute atomic E-state index is 0.0221. The van der Waals surface area contributed by atoms with Crippen LogP contribution in [0, 0.1) is 0 Å². The van der Waals surface area contributed by atoms with Gasteiger partial charge in [-0.25, -0.2) is 9.78 Å². The van der Waals surface area contributed by atoms with Crippen molar-refractivity contribution in [2.24, 2.45) is 0 Å². The molecule has 0 aliphatic rings. The molecule has 0 atom stereocenters. The molecule has 1 N–H and O–H groups in total. The SMILES string of the molecule is CC(C)OC(=O)c1cccnc1N(C)CCC(=O)O. The fourth-order valence-electron chi connectivity index (χ4n) is 1.51. The summed E-state index contributed by atoms with van der Waals surface area (Å²) < 4.78 is 5.13. The van der Waals surface area contributed by atoms with Crippen LogP contribution >= 0.6 is 0 Å². The van der Waals surface area contributed by atoms with Crippen LogP contribution in [0.15, 0.2) is 18.3 Å². The lowest BCUT2D eigenvalue weighted by Gasteiger charge is -2.20. The van der Waals surface area contributed by atoms with Crippen molar-refractivity contribution in [1.82, 2.24) is 4.98 Å². The second kappa shape index (κ2) is 6.72. The lowest BCUT2D eigenvalue weighted by Crippen LogP contribution is -2.25. The highest BCUT2D eigenvalue weighted by Crippen LogP contribution is 2.17. The molecule has 0 saturated heterocycles. The Kier molecular flexibility index (Phi) is 5.29. The van der Waals surface area contributed by atoms with Crippen LogP contribution in [-0.2, 0) is 9.53 Å². The van der Waals surface area contributed by atoms with Crippen molar-refractivity contribution in [3.63, 3.8) is 0 Å². The van der Waals surface area contributed by atoms with Crippen molar-refractivity contribution in [1.29, 1.82) is 0 Å². The normalized spacial score (nSPS) is 10.3. The summed E-state index contributed by atoms with van der Waals surface area (Å²) in [6.45, 7) is 3.80. The molecule has 0 unspecified atom stereocenters. The molecular weight excluding hydrogens is 248 g/mol. The number of carbonyl (C=O) groups excluding carboxylic acids is 1. The number of aromatic nitrogens is 1. The summed E-state index contributed by atoms with van der Waals surface area (Å²) >= 11 is 0. The van der Waals surface area contributed by atoms with Crippen LogP contribution in [0.25, 0.3) is 0 Å². The van der Waals surface area contributed by atoms with E-state index in [1.807, 2.05) is 0 Å². The van der Waals surface area contributed by atoms with Crippen molar-refractivity contribution >= 4 is 17.8 Å². The first-order chi connectivity index (χ1) is 8.91. The van der Waals surface area contributed by atoms with Gasteiger partial charge in [0.15, 0.2) is 0 Å². The Hall–Kier alpha value is -2.11. The average Bonchev–Trinajstić information content (AvgIpc) is 2.35. The van der Waals surface area contributed by atoms with Crippen molar-refractivity contribution < 1.29 is 19.4 Å². The molecule has 1 heterocycles. The maximum absolute atomic E-state index is 11.9. The molecule has 0 radical (unpaired) electrons. The van der Waals surface area contributed by atoms with Gasteiger partial charge in [-0.1, -0.05) is 0 Å². The molecule has 1 rings (SSSR count). The number of aliphatic carboxylic acids is 1. The Morgan fingerprint density at radius 2 is 2.16 bits per heavy atom. The maximum atomic E-state index is 11.9. The molecule has 0 fully saturated rings. The van der Waals surface area contributed by atoms with Crippen LogP contribution in [0.4, 0.5) is 5.82 Å².